The highest BCUT2D eigenvalue weighted by molar-refractivity contribution is 6.13. The van der Waals surface area contributed by atoms with Crippen LogP contribution in [0.5, 0.6) is 0 Å². The van der Waals surface area contributed by atoms with E-state index in [1.165, 1.54) is 43.1 Å². The van der Waals surface area contributed by atoms with Crippen LogP contribution in [0.1, 0.15) is 0 Å². The molecule has 0 fully saturated rings. The topological polar surface area (TPSA) is 37.5 Å². The number of benzene rings is 11. The maximum absolute atomic E-state index is 5.69. The molecule has 350 valence electrons. The molecule has 5 heterocycles. The van der Waals surface area contributed by atoms with Crippen LogP contribution in [0.15, 0.2) is 267 Å². The highest BCUT2D eigenvalue weighted by Crippen LogP contribution is 2.42. The summed E-state index contributed by atoms with van der Waals surface area (Å²) in [6.07, 6.45) is 0. The van der Waals surface area contributed by atoms with Crippen LogP contribution >= 0.6 is 0 Å². The third-order valence-corrected chi connectivity index (χ3v) is 15.5. The highest BCUT2D eigenvalue weighted by Gasteiger charge is 2.23. The van der Waals surface area contributed by atoms with E-state index in [9.17, 15) is 0 Å². The van der Waals surface area contributed by atoms with E-state index in [-0.39, 0.29) is 0 Å². The summed E-state index contributed by atoms with van der Waals surface area (Å²) in [6.45, 7) is 0. The Kier molecular flexibility index (Phi) is 8.94. The van der Waals surface area contributed by atoms with Crippen LogP contribution in [0.2, 0.25) is 0 Å². The molecule has 0 aliphatic heterocycles. The standard InChI is InChI=1S/C69H44N6/c1-2-20-47(21-3-1)75-69(46-40-50(73-65-34-16-8-26-56(65)57-27-9-17-35-66(57)73)43-51(41-46)74-67-36-18-10-28-58(67)59-29-11-19-37-68(59)74)44-60(70-75)45-38-48(71-61-30-12-4-22-52(61)53-23-5-13-31-62(53)71)42-49(39-45)72-63-32-14-6-24-54(63)55-25-7-15-33-64(55)72/h1-44H. The van der Waals surface area contributed by atoms with Gasteiger partial charge in [0.05, 0.1) is 61.2 Å². The van der Waals surface area contributed by atoms with Gasteiger partial charge in [-0.25, -0.2) is 4.68 Å². The Morgan fingerprint density at radius 1 is 0.213 bits per heavy atom. The molecule has 11 aromatic carbocycles. The molecule has 16 aromatic rings. The van der Waals surface area contributed by atoms with Gasteiger partial charge in [-0.3, -0.25) is 0 Å². The molecular weight excluding hydrogens is 913 g/mol. The summed E-state index contributed by atoms with van der Waals surface area (Å²) in [4.78, 5) is 0. The van der Waals surface area contributed by atoms with Crippen LogP contribution < -0.4 is 0 Å². The van der Waals surface area contributed by atoms with Gasteiger partial charge < -0.3 is 18.3 Å². The number of aromatic nitrogens is 6. The van der Waals surface area contributed by atoms with Crippen molar-refractivity contribution in [1.82, 2.24) is 28.0 Å². The predicted molar refractivity (Wildman–Crippen MR) is 312 cm³/mol. The summed E-state index contributed by atoms with van der Waals surface area (Å²) >= 11 is 0. The monoisotopic (exact) mass is 956 g/mol. The van der Waals surface area contributed by atoms with Crippen molar-refractivity contribution in [2.24, 2.45) is 0 Å². The van der Waals surface area contributed by atoms with Gasteiger partial charge in [0.2, 0.25) is 0 Å². The Hall–Kier alpha value is -10.2. The maximum Gasteiger partial charge on any atom is 0.0935 e. The average molecular weight is 957 g/mol. The molecule has 75 heavy (non-hydrogen) atoms. The van der Waals surface area contributed by atoms with Crippen LogP contribution in [0.4, 0.5) is 0 Å². The molecule has 6 heteroatoms. The van der Waals surface area contributed by atoms with E-state index in [4.69, 9.17) is 5.10 Å². The van der Waals surface area contributed by atoms with Crippen LogP contribution in [0, 0.1) is 0 Å². The van der Waals surface area contributed by atoms with Crippen molar-refractivity contribution >= 4 is 87.2 Å². The molecule has 0 radical (unpaired) electrons. The lowest BCUT2D eigenvalue weighted by Gasteiger charge is -2.16. The highest BCUT2D eigenvalue weighted by atomic mass is 15.3. The number of hydrogen-bond acceptors (Lipinski definition) is 1. The molecule has 6 nitrogen and oxygen atoms in total. The average Bonchev–Trinajstić information content (AvgIpc) is 4.30. The molecule has 0 spiro atoms. The fourth-order valence-corrected chi connectivity index (χ4v) is 12.3. The Morgan fingerprint density at radius 3 is 0.760 bits per heavy atom. The van der Waals surface area contributed by atoms with E-state index >= 15 is 0 Å². The fraction of sp³-hybridized carbons (Fsp3) is 0. The van der Waals surface area contributed by atoms with Gasteiger partial charge in [-0.05, 0) is 103 Å². The third-order valence-electron chi connectivity index (χ3n) is 15.5. The number of rotatable bonds is 7. The Labute approximate surface area is 431 Å². The predicted octanol–water partition coefficient (Wildman–Crippen LogP) is 17.6. The summed E-state index contributed by atoms with van der Waals surface area (Å²) in [5.41, 5.74) is 18.3. The van der Waals surface area contributed by atoms with Gasteiger partial charge in [0.25, 0.3) is 0 Å². The lowest BCUT2D eigenvalue weighted by molar-refractivity contribution is 0.891. The number of nitrogens with zero attached hydrogens (tertiary/aromatic N) is 6. The Bertz CT molecular complexity index is 4480. The van der Waals surface area contributed by atoms with Crippen molar-refractivity contribution in [1.29, 1.82) is 0 Å². The van der Waals surface area contributed by atoms with Gasteiger partial charge in [-0.1, -0.05) is 164 Å². The first kappa shape index (κ1) is 41.4. The first-order valence-electron chi connectivity index (χ1n) is 25.6. The Morgan fingerprint density at radius 2 is 0.467 bits per heavy atom. The first-order chi connectivity index (χ1) is 37.2. The van der Waals surface area contributed by atoms with Gasteiger partial charge in [0, 0.05) is 77.0 Å². The second kappa shape index (κ2) is 16.2. The van der Waals surface area contributed by atoms with Crippen LogP contribution in [0.25, 0.3) is 138 Å². The number of hydrogen-bond donors (Lipinski definition) is 0. The lowest BCUT2D eigenvalue weighted by Crippen LogP contribution is -2.03. The first-order valence-corrected chi connectivity index (χ1v) is 25.6. The zero-order valence-corrected chi connectivity index (χ0v) is 40.6. The van der Waals surface area contributed by atoms with E-state index < -0.39 is 0 Å². The zero-order valence-electron chi connectivity index (χ0n) is 40.6. The molecule has 0 N–H and O–H groups in total. The normalized spacial score (nSPS) is 12.0. The van der Waals surface area contributed by atoms with E-state index in [1.54, 1.807) is 0 Å². The van der Waals surface area contributed by atoms with Gasteiger partial charge in [0.15, 0.2) is 0 Å². The smallest absolute Gasteiger partial charge is 0.0935 e. The summed E-state index contributed by atoms with van der Waals surface area (Å²) in [5.74, 6) is 0. The second-order valence-corrected chi connectivity index (χ2v) is 19.6. The fourth-order valence-electron chi connectivity index (χ4n) is 12.3. The molecule has 5 aromatic heterocycles. The van der Waals surface area contributed by atoms with Crippen molar-refractivity contribution in [2.75, 3.05) is 0 Å². The van der Waals surface area contributed by atoms with Crippen LogP contribution in [-0.2, 0) is 0 Å². The number of para-hydroxylation sites is 9. The molecule has 0 saturated carbocycles. The summed E-state index contributed by atoms with van der Waals surface area (Å²) in [6, 6.07) is 97.1. The van der Waals surface area contributed by atoms with Crippen molar-refractivity contribution in [3.63, 3.8) is 0 Å². The summed E-state index contributed by atoms with van der Waals surface area (Å²) in [7, 11) is 0. The minimum absolute atomic E-state index is 0.860. The molecule has 0 aliphatic carbocycles. The van der Waals surface area contributed by atoms with Gasteiger partial charge in [-0.2, -0.15) is 5.10 Å². The largest absolute Gasteiger partial charge is 0.309 e. The SMILES string of the molecule is c1ccc(-n2nc(-c3cc(-n4c5ccccc5c5ccccc54)cc(-n4c5ccccc5c5ccccc54)c3)cc2-c2cc(-n3c4ccccc4c4ccccc43)cc(-n3c4ccccc4c4ccccc43)c2)cc1. The molecule has 0 aliphatic rings. The minimum atomic E-state index is 0.860. The third kappa shape index (κ3) is 6.24. The van der Waals surface area contributed by atoms with Crippen molar-refractivity contribution < 1.29 is 0 Å². The lowest BCUT2D eigenvalue weighted by atomic mass is 10.1. The van der Waals surface area contributed by atoms with Gasteiger partial charge in [0.1, 0.15) is 0 Å². The molecule has 16 rings (SSSR count). The maximum atomic E-state index is 5.69. The van der Waals surface area contributed by atoms with Gasteiger partial charge in [-0.15, -0.1) is 0 Å². The van der Waals surface area contributed by atoms with Crippen LogP contribution in [0.3, 0.4) is 0 Å². The van der Waals surface area contributed by atoms with Gasteiger partial charge >= 0.3 is 0 Å². The van der Waals surface area contributed by atoms with E-state index in [0.29, 0.717) is 0 Å². The van der Waals surface area contributed by atoms with Crippen molar-refractivity contribution in [3.8, 4) is 51.0 Å². The number of fused-ring (bicyclic) bond motifs is 12. The molecular formula is C69H44N6. The minimum Gasteiger partial charge on any atom is -0.309 e. The molecule has 0 amide bonds. The van der Waals surface area contributed by atoms with Crippen LogP contribution in [-0.4, -0.2) is 28.0 Å². The summed E-state index contributed by atoms with van der Waals surface area (Å²) in [5, 5.41) is 15.4. The van der Waals surface area contributed by atoms with E-state index in [0.717, 1.165) is 95.1 Å². The van der Waals surface area contributed by atoms with E-state index in [2.05, 4.69) is 290 Å². The molecule has 0 atom stereocenters. The zero-order chi connectivity index (χ0) is 49.1. The second-order valence-electron chi connectivity index (χ2n) is 19.6. The Balaban J connectivity index is 0.999. The van der Waals surface area contributed by atoms with Crippen molar-refractivity contribution in [3.05, 3.63) is 267 Å². The quantitative estimate of drug-likeness (QED) is 0.157. The molecule has 0 unspecified atom stereocenters. The summed E-state index contributed by atoms with van der Waals surface area (Å²) < 4.78 is 11.9. The molecule has 0 saturated heterocycles. The van der Waals surface area contributed by atoms with Crippen molar-refractivity contribution in [2.45, 2.75) is 0 Å². The van der Waals surface area contributed by atoms with E-state index in [1.807, 2.05) is 0 Å². The molecule has 0 bridgehead atoms.